The van der Waals surface area contributed by atoms with E-state index >= 15 is 0 Å². The first-order valence-corrected chi connectivity index (χ1v) is 5.95. The fourth-order valence-electron chi connectivity index (χ4n) is 1.70. The van der Waals surface area contributed by atoms with Crippen molar-refractivity contribution in [2.24, 2.45) is 0 Å². The smallest absolute Gasteiger partial charge is 0.408 e. The fraction of sp³-hybridized carbons (Fsp3) is 0.909. The van der Waals surface area contributed by atoms with Crippen LogP contribution in [0.1, 0.15) is 20.8 Å². The first-order valence-electron chi connectivity index (χ1n) is 5.95. The van der Waals surface area contributed by atoms with Gasteiger partial charge in [0, 0.05) is 0 Å². The van der Waals surface area contributed by atoms with Gasteiger partial charge in [0.1, 0.15) is 30.0 Å². The molecule has 0 aliphatic carbocycles. The molecule has 1 heterocycles. The molecule has 5 atom stereocenters. The topological polar surface area (TPSA) is 128 Å². The van der Waals surface area contributed by atoms with E-state index in [1.54, 1.807) is 20.8 Å². The van der Waals surface area contributed by atoms with E-state index < -0.39 is 48.9 Å². The number of ether oxygens (including phenoxy) is 2. The van der Waals surface area contributed by atoms with Gasteiger partial charge >= 0.3 is 6.09 Å². The molecule has 19 heavy (non-hydrogen) atoms. The second kappa shape index (κ2) is 6.02. The first kappa shape index (κ1) is 16.1. The van der Waals surface area contributed by atoms with Gasteiger partial charge in [-0.2, -0.15) is 0 Å². The van der Waals surface area contributed by atoms with E-state index in [1.807, 2.05) is 0 Å². The molecule has 1 amide bonds. The van der Waals surface area contributed by atoms with Crippen molar-refractivity contribution < 1.29 is 34.7 Å². The summed E-state index contributed by atoms with van der Waals surface area (Å²) in [5.41, 5.74) is -0.734. The monoisotopic (exact) mass is 279 g/mol. The zero-order valence-electron chi connectivity index (χ0n) is 11.1. The highest BCUT2D eigenvalue weighted by atomic mass is 16.6. The molecule has 112 valence electrons. The average Bonchev–Trinajstić information content (AvgIpc) is 2.27. The molecule has 1 fully saturated rings. The summed E-state index contributed by atoms with van der Waals surface area (Å²) in [6, 6.07) is -1.24. The highest BCUT2D eigenvalue weighted by molar-refractivity contribution is 5.68. The highest BCUT2D eigenvalue weighted by Gasteiger charge is 2.44. The Morgan fingerprint density at radius 3 is 2.32 bits per heavy atom. The van der Waals surface area contributed by atoms with E-state index in [2.05, 4.69) is 5.32 Å². The predicted octanol–water partition coefficient (Wildman–Crippen LogP) is -1.69. The Hall–Kier alpha value is -0.930. The third kappa shape index (κ3) is 4.29. The number of hydrogen-bond acceptors (Lipinski definition) is 7. The Morgan fingerprint density at radius 1 is 1.26 bits per heavy atom. The number of rotatable bonds is 2. The van der Waals surface area contributed by atoms with Gasteiger partial charge in [-0.15, -0.1) is 0 Å². The number of carbonyl (C=O) groups excluding carboxylic acids is 1. The number of alkyl carbamates (subject to hydrolysis) is 1. The Bertz CT molecular complexity index is 317. The maximum Gasteiger partial charge on any atom is 0.408 e. The summed E-state index contributed by atoms with van der Waals surface area (Å²) in [4.78, 5) is 11.5. The maximum absolute atomic E-state index is 11.5. The van der Waals surface area contributed by atoms with Crippen molar-refractivity contribution in [3.63, 3.8) is 0 Å². The van der Waals surface area contributed by atoms with Crippen molar-refractivity contribution in [3.05, 3.63) is 0 Å². The van der Waals surface area contributed by atoms with Gasteiger partial charge in [0.15, 0.2) is 6.29 Å². The van der Waals surface area contributed by atoms with Gasteiger partial charge in [-0.1, -0.05) is 0 Å². The highest BCUT2D eigenvalue weighted by Crippen LogP contribution is 2.20. The molecule has 0 spiro atoms. The van der Waals surface area contributed by atoms with Crippen LogP contribution in [-0.4, -0.2) is 69.4 Å². The molecule has 8 heteroatoms. The molecule has 1 saturated heterocycles. The van der Waals surface area contributed by atoms with Crippen LogP contribution in [0.25, 0.3) is 0 Å². The third-order valence-corrected chi connectivity index (χ3v) is 2.58. The number of nitrogens with one attached hydrogen (secondary N) is 1. The van der Waals surface area contributed by atoms with Crippen LogP contribution in [0.2, 0.25) is 0 Å². The molecule has 0 bridgehead atoms. The van der Waals surface area contributed by atoms with Crippen LogP contribution >= 0.6 is 0 Å². The second-order valence-electron chi connectivity index (χ2n) is 5.40. The summed E-state index contributed by atoms with van der Waals surface area (Å²) in [5, 5.41) is 40.2. The fourth-order valence-corrected chi connectivity index (χ4v) is 1.70. The molecule has 0 aromatic rings. The van der Waals surface area contributed by atoms with Crippen molar-refractivity contribution in [2.45, 2.75) is 57.0 Å². The zero-order chi connectivity index (χ0) is 14.8. The lowest BCUT2D eigenvalue weighted by atomic mass is 9.97. The van der Waals surface area contributed by atoms with Crippen LogP contribution in [0.3, 0.4) is 0 Å². The van der Waals surface area contributed by atoms with E-state index in [1.165, 1.54) is 0 Å². The second-order valence-corrected chi connectivity index (χ2v) is 5.40. The molecule has 0 aromatic heterocycles. The van der Waals surface area contributed by atoms with Gasteiger partial charge in [-0.25, -0.2) is 4.79 Å². The normalized spacial score (nSPS) is 35.8. The van der Waals surface area contributed by atoms with Gasteiger partial charge < -0.3 is 35.2 Å². The lowest BCUT2D eigenvalue weighted by Gasteiger charge is -2.40. The van der Waals surface area contributed by atoms with Crippen molar-refractivity contribution >= 4 is 6.09 Å². The summed E-state index contributed by atoms with van der Waals surface area (Å²) >= 11 is 0. The molecule has 1 aliphatic rings. The van der Waals surface area contributed by atoms with Crippen molar-refractivity contribution in [2.75, 3.05) is 6.61 Å². The molecule has 1 unspecified atom stereocenters. The zero-order valence-corrected chi connectivity index (χ0v) is 11.1. The summed E-state index contributed by atoms with van der Waals surface area (Å²) in [7, 11) is 0. The molecule has 0 saturated carbocycles. The Balaban J connectivity index is 2.65. The van der Waals surface area contributed by atoms with Gasteiger partial charge in [0.05, 0.1) is 6.61 Å². The van der Waals surface area contributed by atoms with Crippen LogP contribution in [-0.2, 0) is 9.47 Å². The summed E-state index contributed by atoms with van der Waals surface area (Å²) in [6.07, 6.45) is -6.42. The SMILES string of the molecule is CC(C)(C)OC(=O)N[C@@H]1C(O)O[C@H](CO)[C@@H](O)[C@@H]1O. The molecule has 5 N–H and O–H groups in total. The minimum atomic E-state index is -1.55. The van der Waals surface area contributed by atoms with Crippen LogP contribution in [0.15, 0.2) is 0 Å². The quantitative estimate of drug-likeness (QED) is 0.408. The predicted molar refractivity (Wildman–Crippen MR) is 63.1 cm³/mol. The van der Waals surface area contributed by atoms with E-state index in [9.17, 15) is 20.1 Å². The van der Waals surface area contributed by atoms with Crippen LogP contribution in [0.4, 0.5) is 4.79 Å². The van der Waals surface area contributed by atoms with Gasteiger partial charge in [0.25, 0.3) is 0 Å². The summed E-state index contributed by atoms with van der Waals surface area (Å²) in [5.74, 6) is 0. The Kier molecular flexibility index (Phi) is 5.11. The number of amides is 1. The Morgan fingerprint density at radius 2 is 1.84 bits per heavy atom. The van der Waals surface area contributed by atoms with Crippen LogP contribution < -0.4 is 5.32 Å². The molecule has 1 rings (SSSR count). The minimum absolute atomic E-state index is 0.561. The largest absolute Gasteiger partial charge is 0.444 e. The maximum atomic E-state index is 11.5. The van der Waals surface area contributed by atoms with E-state index in [4.69, 9.17) is 14.6 Å². The first-order chi connectivity index (χ1) is 8.65. The van der Waals surface area contributed by atoms with E-state index in [0.717, 1.165) is 0 Å². The summed E-state index contributed by atoms with van der Waals surface area (Å²) < 4.78 is 9.85. The molecule has 0 radical (unpaired) electrons. The molecular weight excluding hydrogens is 258 g/mol. The number of hydrogen-bond donors (Lipinski definition) is 5. The van der Waals surface area contributed by atoms with Crippen molar-refractivity contribution in [3.8, 4) is 0 Å². The van der Waals surface area contributed by atoms with Gasteiger partial charge in [0.2, 0.25) is 0 Å². The third-order valence-electron chi connectivity index (χ3n) is 2.58. The molecule has 1 aliphatic heterocycles. The average molecular weight is 279 g/mol. The van der Waals surface area contributed by atoms with Gasteiger partial charge in [-0.3, -0.25) is 0 Å². The van der Waals surface area contributed by atoms with Crippen molar-refractivity contribution in [1.29, 1.82) is 0 Å². The number of aliphatic hydroxyl groups is 4. The number of carbonyl (C=O) groups is 1. The lowest BCUT2D eigenvalue weighted by Crippen LogP contribution is -2.64. The van der Waals surface area contributed by atoms with E-state index in [-0.39, 0.29) is 0 Å². The minimum Gasteiger partial charge on any atom is -0.444 e. The summed E-state index contributed by atoms with van der Waals surface area (Å²) in [6.45, 7) is 4.42. The van der Waals surface area contributed by atoms with Crippen LogP contribution in [0, 0.1) is 0 Å². The molecule has 0 aromatic carbocycles. The Labute approximate surface area is 110 Å². The number of aliphatic hydroxyl groups excluding tert-OH is 4. The van der Waals surface area contributed by atoms with Crippen LogP contribution in [0.5, 0.6) is 0 Å². The standard InChI is InChI=1S/C11H21NO7/c1-11(2,3)19-10(17)12-6-8(15)7(14)5(4-13)18-9(6)16/h5-9,13-16H,4H2,1-3H3,(H,12,17)/t5-,6+,7-,8-,9?/m1/s1. The van der Waals surface area contributed by atoms with Crippen molar-refractivity contribution in [1.82, 2.24) is 5.32 Å². The molecular formula is C11H21NO7. The van der Waals surface area contributed by atoms with E-state index in [0.29, 0.717) is 0 Å². The van der Waals surface area contributed by atoms with Gasteiger partial charge in [-0.05, 0) is 20.8 Å². The molecule has 8 nitrogen and oxygen atoms in total. The lowest BCUT2D eigenvalue weighted by molar-refractivity contribution is -0.253.